The van der Waals surface area contributed by atoms with Crippen molar-refractivity contribution in [2.75, 3.05) is 34.4 Å². The third-order valence-electron chi connectivity index (χ3n) is 4.09. The highest BCUT2D eigenvalue weighted by atomic mass is 19.4. The molecular weight excluding hydrogens is 385 g/mol. The molecule has 0 bridgehead atoms. The van der Waals surface area contributed by atoms with Gasteiger partial charge in [0, 0.05) is 46.1 Å². The number of nitrogens with one attached hydrogen (secondary N) is 1. The molecule has 0 amide bonds. The predicted molar refractivity (Wildman–Crippen MR) is 105 cm³/mol. The molecule has 0 fully saturated rings. The Bertz CT molecular complexity index is 795. The molecule has 1 aromatic carbocycles. The van der Waals surface area contributed by atoms with Gasteiger partial charge >= 0.3 is 6.18 Å². The van der Waals surface area contributed by atoms with Gasteiger partial charge in [0.1, 0.15) is 6.61 Å². The van der Waals surface area contributed by atoms with Gasteiger partial charge in [0.05, 0.1) is 12.2 Å². The van der Waals surface area contributed by atoms with Gasteiger partial charge in [-0.05, 0) is 23.8 Å². The molecule has 1 aromatic heterocycles. The van der Waals surface area contributed by atoms with E-state index in [-0.39, 0.29) is 0 Å². The predicted octanol–water partition coefficient (Wildman–Crippen LogP) is 3.33. The van der Waals surface area contributed by atoms with Gasteiger partial charge in [0.25, 0.3) is 0 Å². The normalized spacial score (nSPS) is 12.0. The van der Waals surface area contributed by atoms with Crippen molar-refractivity contribution in [1.29, 1.82) is 0 Å². The second-order valence-corrected chi connectivity index (χ2v) is 6.26. The van der Waals surface area contributed by atoms with Crippen LogP contribution in [0.3, 0.4) is 0 Å². The number of hydrogen-bond acceptors (Lipinski definition) is 4. The molecule has 9 heteroatoms. The van der Waals surface area contributed by atoms with Crippen molar-refractivity contribution in [2.45, 2.75) is 19.3 Å². The lowest BCUT2D eigenvalue weighted by atomic mass is 10.1. The molecule has 2 aromatic rings. The maximum Gasteiger partial charge on any atom is 0.416 e. The summed E-state index contributed by atoms with van der Waals surface area (Å²) >= 11 is 0. The van der Waals surface area contributed by atoms with Crippen molar-refractivity contribution in [3.8, 4) is 5.88 Å². The first kappa shape index (κ1) is 22.5. The molecule has 0 radical (unpaired) electrons. The molecule has 0 atom stereocenters. The molecule has 0 aliphatic rings. The van der Waals surface area contributed by atoms with Gasteiger partial charge in [-0.15, -0.1) is 0 Å². The standard InChI is InChI=1S/C20H25F3N4O2/c1-24-19(26-13-16-5-4-10-25-18(16)29-12-11-28-3)27(2)14-15-6-8-17(9-7-15)20(21,22)23/h4-10H,11-14H2,1-3H3,(H,24,26). The molecule has 2 rings (SSSR count). The molecule has 6 nitrogen and oxygen atoms in total. The van der Waals surface area contributed by atoms with Crippen molar-refractivity contribution >= 4 is 5.96 Å². The van der Waals surface area contributed by atoms with Crippen LogP contribution in [0.5, 0.6) is 5.88 Å². The van der Waals surface area contributed by atoms with Crippen molar-refractivity contribution in [3.05, 3.63) is 59.3 Å². The Morgan fingerprint density at radius 1 is 1.17 bits per heavy atom. The van der Waals surface area contributed by atoms with Gasteiger partial charge in [-0.2, -0.15) is 13.2 Å². The zero-order valence-corrected chi connectivity index (χ0v) is 16.7. The third-order valence-corrected chi connectivity index (χ3v) is 4.09. The zero-order chi connectivity index (χ0) is 21.3. The molecule has 0 unspecified atom stereocenters. The maximum atomic E-state index is 12.7. The Balaban J connectivity index is 1.96. The van der Waals surface area contributed by atoms with E-state index >= 15 is 0 Å². The van der Waals surface area contributed by atoms with Gasteiger partial charge in [-0.3, -0.25) is 4.99 Å². The van der Waals surface area contributed by atoms with Crippen LogP contribution in [0.15, 0.2) is 47.6 Å². The topological polar surface area (TPSA) is 59.0 Å². The first-order valence-corrected chi connectivity index (χ1v) is 8.98. The van der Waals surface area contributed by atoms with E-state index in [4.69, 9.17) is 9.47 Å². The minimum atomic E-state index is -4.34. The lowest BCUT2D eigenvalue weighted by Crippen LogP contribution is -2.38. The average Bonchev–Trinajstić information content (AvgIpc) is 2.69. The smallest absolute Gasteiger partial charge is 0.416 e. The summed E-state index contributed by atoms with van der Waals surface area (Å²) in [5, 5.41) is 3.22. The highest BCUT2D eigenvalue weighted by molar-refractivity contribution is 5.79. The summed E-state index contributed by atoms with van der Waals surface area (Å²) in [6.07, 6.45) is -2.69. The van der Waals surface area contributed by atoms with Gasteiger partial charge in [0.15, 0.2) is 5.96 Å². The molecular formula is C20H25F3N4O2. The molecule has 0 saturated heterocycles. The number of hydrogen-bond donors (Lipinski definition) is 1. The maximum absolute atomic E-state index is 12.7. The van der Waals surface area contributed by atoms with Gasteiger partial charge in [0.2, 0.25) is 5.88 Å². The number of aliphatic imine (C=N–C) groups is 1. The molecule has 29 heavy (non-hydrogen) atoms. The van der Waals surface area contributed by atoms with Gasteiger partial charge in [-0.25, -0.2) is 4.98 Å². The lowest BCUT2D eigenvalue weighted by Gasteiger charge is -2.22. The SMILES string of the molecule is CN=C(NCc1cccnc1OCCOC)N(C)Cc1ccc(C(F)(F)F)cc1. The number of pyridine rings is 1. The largest absolute Gasteiger partial charge is 0.475 e. The van der Waals surface area contributed by atoms with Crippen LogP contribution in [0.25, 0.3) is 0 Å². The molecule has 0 aliphatic carbocycles. The molecule has 1 N–H and O–H groups in total. The second kappa shape index (κ2) is 10.7. The minimum Gasteiger partial charge on any atom is -0.475 e. The second-order valence-electron chi connectivity index (χ2n) is 6.26. The third kappa shape index (κ3) is 6.94. The summed E-state index contributed by atoms with van der Waals surface area (Å²) in [4.78, 5) is 10.3. The Morgan fingerprint density at radius 2 is 1.90 bits per heavy atom. The van der Waals surface area contributed by atoms with Crippen LogP contribution in [0.4, 0.5) is 13.2 Å². The number of nitrogens with zero attached hydrogens (tertiary/aromatic N) is 3. The first-order chi connectivity index (χ1) is 13.8. The summed E-state index contributed by atoms with van der Waals surface area (Å²) < 4.78 is 48.7. The van der Waals surface area contributed by atoms with Crippen LogP contribution >= 0.6 is 0 Å². The van der Waals surface area contributed by atoms with Gasteiger partial charge in [-0.1, -0.05) is 18.2 Å². The van der Waals surface area contributed by atoms with E-state index in [1.165, 1.54) is 12.1 Å². The highest BCUT2D eigenvalue weighted by Crippen LogP contribution is 2.29. The zero-order valence-electron chi connectivity index (χ0n) is 16.7. The van der Waals surface area contributed by atoms with Crippen LogP contribution < -0.4 is 10.1 Å². The van der Waals surface area contributed by atoms with E-state index in [9.17, 15) is 13.2 Å². The minimum absolute atomic E-state index is 0.392. The number of rotatable bonds is 8. The summed E-state index contributed by atoms with van der Waals surface area (Å²) in [6, 6.07) is 8.81. The van der Waals surface area contributed by atoms with E-state index in [1.54, 1.807) is 20.4 Å². The fourth-order valence-corrected chi connectivity index (χ4v) is 2.62. The average molecular weight is 410 g/mol. The first-order valence-electron chi connectivity index (χ1n) is 8.98. The number of benzene rings is 1. The fourth-order valence-electron chi connectivity index (χ4n) is 2.62. The Hall–Kier alpha value is -2.81. The lowest BCUT2D eigenvalue weighted by molar-refractivity contribution is -0.137. The Labute approximate surface area is 168 Å². The number of ether oxygens (including phenoxy) is 2. The number of alkyl halides is 3. The van der Waals surface area contributed by atoms with E-state index in [1.807, 2.05) is 24.1 Å². The van der Waals surface area contributed by atoms with Crippen molar-refractivity contribution < 1.29 is 22.6 Å². The van der Waals surface area contributed by atoms with Crippen molar-refractivity contribution in [1.82, 2.24) is 15.2 Å². The summed E-state index contributed by atoms with van der Waals surface area (Å²) in [6.45, 7) is 1.69. The molecule has 0 aliphatic heterocycles. The van der Waals surface area contributed by atoms with Crippen molar-refractivity contribution in [3.63, 3.8) is 0 Å². The number of halogens is 3. The summed E-state index contributed by atoms with van der Waals surface area (Å²) in [5.74, 6) is 1.11. The van der Waals surface area contributed by atoms with Crippen LogP contribution in [0.2, 0.25) is 0 Å². The van der Waals surface area contributed by atoms with Gasteiger partial charge < -0.3 is 19.7 Å². The Kier molecular flexibility index (Phi) is 8.26. The molecule has 0 spiro atoms. The summed E-state index contributed by atoms with van der Waals surface area (Å²) in [7, 11) is 5.05. The van der Waals surface area contributed by atoms with Crippen LogP contribution in [0, 0.1) is 0 Å². The van der Waals surface area contributed by atoms with Crippen LogP contribution in [-0.4, -0.2) is 50.3 Å². The molecule has 158 valence electrons. The van der Waals surface area contributed by atoms with E-state index in [0.29, 0.717) is 38.1 Å². The quantitative estimate of drug-likeness (QED) is 0.411. The van der Waals surface area contributed by atoms with E-state index in [2.05, 4.69) is 15.3 Å². The van der Waals surface area contributed by atoms with Crippen molar-refractivity contribution in [2.24, 2.45) is 4.99 Å². The highest BCUT2D eigenvalue weighted by Gasteiger charge is 2.29. The monoisotopic (exact) mass is 410 g/mol. The van der Waals surface area contributed by atoms with E-state index in [0.717, 1.165) is 23.3 Å². The molecule has 0 saturated carbocycles. The molecule has 1 heterocycles. The Morgan fingerprint density at radius 3 is 2.52 bits per heavy atom. The van der Waals surface area contributed by atoms with E-state index < -0.39 is 11.7 Å². The van der Waals surface area contributed by atoms with Crippen LogP contribution in [-0.2, 0) is 24.0 Å². The van der Waals surface area contributed by atoms with Crippen LogP contribution in [0.1, 0.15) is 16.7 Å². The number of guanidine groups is 1. The fraction of sp³-hybridized carbons (Fsp3) is 0.400. The number of aromatic nitrogens is 1. The summed E-state index contributed by atoms with van der Waals surface area (Å²) in [5.41, 5.74) is 0.935. The number of methoxy groups -OCH3 is 1.